The molecule has 0 saturated carbocycles. The normalized spacial score (nSPS) is 14.4. The number of aryl methyl sites for hydroxylation is 1. The van der Waals surface area contributed by atoms with Gasteiger partial charge in [0.1, 0.15) is 22.9 Å². The third-order valence-electron chi connectivity index (χ3n) is 5.28. The molecule has 0 unspecified atom stereocenters. The fourth-order valence-corrected chi connectivity index (χ4v) is 3.70. The average molecular weight is 395 g/mol. The van der Waals surface area contributed by atoms with Crippen molar-refractivity contribution in [1.82, 2.24) is 9.88 Å². The standard InChI is InChI=1S/C21H21N3O5/c1-13-15(21(28)29-17-11-14(25)10-16(26)20(13)17)12-19(27)24-8-6-23(7-9-24)18-4-2-3-5-22-18/h2-5,10-11,25-26H,6-9,12H2,1H3. The second kappa shape index (κ2) is 7.46. The lowest BCUT2D eigenvalue weighted by Crippen LogP contribution is -2.49. The number of aromatic hydroxyl groups is 2. The van der Waals surface area contributed by atoms with Crippen LogP contribution in [0.15, 0.2) is 45.7 Å². The summed E-state index contributed by atoms with van der Waals surface area (Å²) < 4.78 is 5.24. The van der Waals surface area contributed by atoms with Gasteiger partial charge in [0, 0.05) is 44.5 Å². The highest BCUT2D eigenvalue weighted by molar-refractivity contribution is 5.90. The van der Waals surface area contributed by atoms with Crippen LogP contribution in [0.5, 0.6) is 11.5 Å². The predicted molar refractivity (Wildman–Crippen MR) is 107 cm³/mol. The van der Waals surface area contributed by atoms with Crippen molar-refractivity contribution in [2.75, 3.05) is 31.1 Å². The monoisotopic (exact) mass is 395 g/mol. The first-order valence-corrected chi connectivity index (χ1v) is 9.36. The second-order valence-electron chi connectivity index (χ2n) is 7.06. The lowest BCUT2D eigenvalue weighted by atomic mass is 10.0. The van der Waals surface area contributed by atoms with Gasteiger partial charge in [0.25, 0.3) is 0 Å². The molecule has 1 fully saturated rings. The zero-order chi connectivity index (χ0) is 20.5. The molecule has 150 valence electrons. The van der Waals surface area contributed by atoms with Crippen LogP contribution in [0.3, 0.4) is 0 Å². The molecule has 3 aromatic rings. The molecule has 1 aromatic carbocycles. The van der Waals surface area contributed by atoms with Crippen molar-refractivity contribution in [3.05, 3.63) is 58.1 Å². The molecular formula is C21H21N3O5. The molecule has 8 heteroatoms. The first-order chi connectivity index (χ1) is 13.9. The molecule has 3 heterocycles. The van der Waals surface area contributed by atoms with Crippen LogP contribution >= 0.6 is 0 Å². The summed E-state index contributed by atoms with van der Waals surface area (Å²) in [6.07, 6.45) is 1.64. The van der Waals surface area contributed by atoms with Crippen LogP contribution in [0.1, 0.15) is 11.1 Å². The molecule has 0 bridgehead atoms. The molecule has 4 rings (SSSR count). The molecule has 2 aromatic heterocycles. The lowest BCUT2D eigenvalue weighted by molar-refractivity contribution is -0.130. The van der Waals surface area contributed by atoms with Crippen molar-refractivity contribution in [3.8, 4) is 11.5 Å². The molecule has 0 atom stereocenters. The summed E-state index contributed by atoms with van der Waals surface area (Å²) in [7, 11) is 0. The van der Waals surface area contributed by atoms with E-state index in [1.54, 1.807) is 18.0 Å². The van der Waals surface area contributed by atoms with E-state index in [2.05, 4.69) is 9.88 Å². The molecule has 1 amide bonds. The number of fused-ring (bicyclic) bond motifs is 1. The van der Waals surface area contributed by atoms with Crippen LogP contribution in [0, 0.1) is 6.92 Å². The Bertz CT molecular complexity index is 1120. The SMILES string of the molecule is Cc1c(CC(=O)N2CCN(c3ccccn3)CC2)c(=O)oc2cc(O)cc(O)c12. The topological polar surface area (TPSA) is 107 Å². The number of phenols is 2. The number of pyridine rings is 1. The summed E-state index contributed by atoms with van der Waals surface area (Å²) in [6.45, 7) is 4.05. The van der Waals surface area contributed by atoms with E-state index < -0.39 is 5.63 Å². The third kappa shape index (κ3) is 3.61. The first-order valence-electron chi connectivity index (χ1n) is 9.36. The van der Waals surface area contributed by atoms with Gasteiger partial charge in [-0.1, -0.05) is 6.07 Å². The van der Waals surface area contributed by atoms with Crippen molar-refractivity contribution in [2.45, 2.75) is 13.3 Å². The highest BCUT2D eigenvalue weighted by Gasteiger charge is 2.24. The van der Waals surface area contributed by atoms with E-state index >= 15 is 0 Å². The minimum atomic E-state index is -0.638. The number of piperazine rings is 1. The van der Waals surface area contributed by atoms with Crippen LogP contribution in [-0.4, -0.2) is 52.2 Å². The van der Waals surface area contributed by atoms with Crippen LogP contribution in [0.4, 0.5) is 5.82 Å². The number of amides is 1. The number of rotatable bonds is 3. The molecule has 1 aliphatic rings. The van der Waals surface area contributed by atoms with Crippen LogP contribution in [-0.2, 0) is 11.2 Å². The Morgan fingerprint density at radius 1 is 1.17 bits per heavy atom. The number of carbonyl (C=O) groups excluding carboxylic acids is 1. The van der Waals surface area contributed by atoms with Gasteiger partial charge in [-0.25, -0.2) is 9.78 Å². The van der Waals surface area contributed by atoms with Crippen molar-refractivity contribution in [2.24, 2.45) is 0 Å². The van der Waals surface area contributed by atoms with E-state index in [9.17, 15) is 19.8 Å². The Morgan fingerprint density at radius 2 is 1.93 bits per heavy atom. The summed E-state index contributed by atoms with van der Waals surface area (Å²) in [4.78, 5) is 33.4. The fraction of sp³-hybridized carbons (Fsp3) is 0.286. The van der Waals surface area contributed by atoms with Gasteiger partial charge in [0.15, 0.2) is 0 Å². The lowest BCUT2D eigenvalue weighted by Gasteiger charge is -2.35. The summed E-state index contributed by atoms with van der Waals surface area (Å²) in [5, 5.41) is 20.1. The maximum atomic E-state index is 12.8. The van der Waals surface area contributed by atoms with E-state index in [1.807, 2.05) is 18.2 Å². The average Bonchev–Trinajstić information content (AvgIpc) is 2.71. The molecule has 1 aliphatic heterocycles. The summed E-state index contributed by atoms with van der Waals surface area (Å²) in [5.41, 5.74) is 0.149. The highest BCUT2D eigenvalue weighted by atomic mass is 16.4. The van der Waals surface area contributed by atoms with Crippen molar-refractivity contribution >= 4 is 22.7 Å². The van der Waals surface area contributed by atoms with E-state index in [0.29, 0.717) is 37.1 Å². The van der Waals surface area contributed by atoms with E-state index in [1.165, 1.54) is 12.1 Å². The first kappa shape index (κ1) is 18.8. The summed E-state index contributed by atoms with van der Waals surface area (Å²) >= 11 is 0. The van der Waals surface area contributed by atoms with Crippen LogP contribution < -0.4 is 10.5 Å². The molecule has 2 N–H and O–H groups in total. The number of hydrogen-bond acceptors (Lipinski definition) is 7. The number of phenolic OH excluding ortho intramolecular Hbond substituents is 2. The van der Waals surface area contributed by atoms with Crippen LogP contribution in [0.25, 0.3) is 11.0 Å². The number of benzene rings is 1. The molecule has 1 saturated heterocycles. The van der Waals surface area contributed by atoms with Gasteiger partial charge in [-0.2, -0.15) is 0 Å². The second-order valence-corrected chi connectivity index (χ2v) is 7.06. The van der Waals surface area contributed by atoms with Crippen molar-refractivity contribution < 1.29 is 19.4 Å². The molecule has 29 heavy (non-hydrogen) atoms. The number of carbonyl (C=O) groups is 1. The van der Waals surface area contributed by atoms with Crippen LogP contribution in [0.2, 0.25) is 0 Å². The zero-order valence-corrected chi connectivity index (χ0v) is 16.0. The Balaban J connectivity index is 1.52. The Labute approximate surface area is 166 Å². The Kier molecular flexibility index (Phi) is 4.84. The van der Waals surface area contributed by atoms with Gasteiger partial charge in [0.05, 0.1) is 17.4 Å². The van der Waals surface area contributed by atoms with Gasteiger partial charge in [-0.15, -0.1) is 0 Å². The van der Waals surface area contributed by atoms with E-state index in [0.717, 1.165) is 5.82 Å². The van der Waals surface area contributed by atoms with Gasteiger partial charge in [0.2, 0.25) is 5.91 Å². The summed E-state index contributed by atoms with van der Waals surface area (Å²) in [5.74, 6) is 0.314. The predicted octanol–water partition coefficient (Wildman–Crippen LogP) is 1.80. The minimum absolute atomic E-state index is 0.0881. The van der Waals surface area contributed by atoms with E-state index in [-0.39, 0.29) is 35.0 Å². The zero-order valence-electron chi connectivity index (χ0n) is 16.0. The third-order valence-corrected chi connectivity index (χ3v) is 5.28. The summed E-state index contributed by atoms with van der Waals surface area (Å²) in [6, 6.07) is 8.17. The number of aromatic nitrogens is 1. The number of nitrogens with zero attached hydrogens (tertiary/aromatic N) is 3. The van der Waals surface area contributed by atoms with Gasteiger partial charge < -0.3 is 24.4 Å². The largest absolute Gasteiger partial charge is 0.508 e. The quantitative estimate of drug-likeness (QED) is 0.651. The van der Waals surface area contributed by atoms with E-state index in [4.69, 9.17) is 4.42 Å². The highest BCUT2D eigenvalue weighted by Crippen LogP contribution is 2.32. The Hall–Kier alpha value is -3.55. The molecule has 0 spiro atoms. The van der Waals surface area contributed by atoms with Crippen molar-refractivity contribution in [3.63, 3.8) is 0 Å². The molecule has 0 aliphatic carbocycles. The van der Waals surface area contributed by atoms with Gasteiger partial charge in [-0.3, -0.25) is 4.79 Å². The van der Waals surface area contributed by atoms with Gasteiger partial charge >= 0.3 is 5.63 Å². The van der Waals surface area contributed by atoms with Gasteiger partial charge in [-0.05, 0) is 24.6 Å². The fourth-order valence-electron chi connectivity index (χ4n) is 3.70. The Morgan fingerprint density at radius 3 is 2.62 bits per heavy atom. The molecule has 0 radical (unpaired) electrons. The molecular weight excluding hydrogens is 374 g/mol. The number of anilines is 1. The maximum Gasteiger partial charge on any atom is 0.340 e. The minimum Gasteiger partial charge on any atom is -0.508 e. The number of hydrogen-bond donors (Lipinski definition) is 2. The molecule has 8 nitrogen and oxygen atoms in total. The van der Waals surface area contributed by atoms with Crippen molar-refractivity contribution in [1.29, 1.82) is 0 Å². The maximum absolute atomic E-state index is 12.8. The smallest absolute Gasteiger partial charge is 0.340 e.